The van der Waals surface area contributed by atoms with Gasteiger partial charge in [-0.15, -0.1) is 0 Å². The third kappa shape index (κ3) is 1.74. The van der Waals surface area contributed by atoms with Gasteiger partial charge in [-0.2, -0.15) is 5.26 Å². The summed E-state index contributed by atoms with van der Waals surface area (Å²) in [4.78, 5) is 4.03. The Hall–Kier alpha value is -1.08. The van der Waals surface area contributed by atoms with E-state index in [0.717, 1.165) is 4.47 Å². The Balaban J connectivity index is 3.07. The van der Waals surface area contributed by atoms with E-state index >= 15 is 0 Å². The standard InChI is InChI=1S/C8H7BrN2O/c1-12-7-3-5-11-6(2-4-10)8(7)9/h3,5H,2H2,1H3. The van der Waals surface area contributed by atoms with E-state index < -0.39 is 0 Å². The number of aromatic nitrogens is 1. The van der Waals surface area contributed by atoms with Crippen molar-refractivity contribution < 1.29 is 4.74 Å². The molecule has 0 amide bonds. The maximum atomic E-state index is 8.46. The minimum atomic E-state index is 0.289. The first-order chi connectivity index (χ1) is 5.79. The maximum absolute atomic E-state index is 8.46. The summed E-state index contributed by atoms with van der Waals surface area (Å²) >= 11 is 3.30. The number of pyridine rings is 1. The zero-order chi connectivity index (χ0) is 8.97. The molecule has 4 heteroatoms. The fourth-order valence-electron chi connectivity index (χ4n) is 0.823. The molecule has 0 saturated carbocycles. The molecule has 0 saturated heterocycles. The number of hydrogen-bond acceptors (Lipinski definition) is 3. The van der Waals surface area contributed by atoms with Crippen molar-refractivity contribution in [2.75, 3.05) is 7.11 Å². The second-order valence-electron chi connectivity index (χ2n) is 2.11. The first-order valence-corrected chi connectivity index (χ1v) is 4.13. The molecular weight excluding hydrogens is 220 g/mol. The summed E-state index contributed by atoms with van der Waals surface area (Å²) in [6, 6.07) is 3.77. The summed E-state index contributed by atoms with van der Waals surface area (Å²) < 4.78 is 5.79. The topological polar surface area (TPSA) is 45.9 Å². The fraction of sp³-hybridized carbons (Fsp3) is 0.250. The van der Waals surface area contributed by atoms with E-state index in [2.05, 4.69) is 20.9 Å². The number of methoxy groups -OCH3 is 1. The summed E-state index contributed by atoms with van der Waals surface area (Å²) in [6.45, 7) is 0. The minimum Gasteiger partial charge on any atom is -0.495 e. The Morgan fingerprint density at radius 2 is 2.50 bits per heavy atom. The van der Waals surface area contributed by atoms with Gasteiger partial charge >= 0.3 is 0 Å². The zero-order valence-corrected chi connectivity index (χ0v) is 8.13. The molecule has 1 rings (SSSR count). The lowest BCUT2D eigenvalue weighted by Gasteiger charge is -2.04. The van der Waals surface area contributed by atoms with Crippen LogP contribution in [0, 0.1) is 11.3 Å². The summed E-state index contributed by atoms with van der Waals surface area (Å²) in [5, 5.41) is 8.46. The van der Waals surface area contributed by atoms with Crippen molar-refractivity contribution in [1.29, 1.82) is 5.26 Å². The van der Waals surface area contributed by atoms with Crippen molar-refractivity contribution in [3.63, 3.8) is 0 Å². The molecule has 1 heterocycles. The van der Waals surface area contributed by atoms with Gasteiger partial charge in [0, 0.05) is 6.20 Å². The molecule has 0 radical (unpaired) electrons. The highest BCUT2D eigenvalue weighted by atomic mass is 79.9. The van der Waals surface area contributed by atoms with E-state index in [4.69, 9.17) is 10.00 Å². The molecule has 0 N–H and O–H groups in total. The van der Waals surface area contributed by atoms with Crippen LogP contribution >= 0.6 is 15.9 Å². The van der Waals surface area contributed by atoms with E-state index in [1.54, 1.807) is 19.4 Å². The van der Waals surface area contributed by atoms with Crippen molar-refractivity contribution in [1.82, 2.24) is 4.98 Å². The third-order valence-corrected chi connectivity index (χ3v) is 2.24. The number of rotatable bonds is 2. The molecule has 0 unspecified atom stereocenters. The van der Waals surface area contributed by atoms with Crippen LogP contribution < -0.4 is 4.74 Å². The van der Waals surface area contributed by atoms with Crippen LogP contribution in [-0.4, -0.2) is 12.1 Å². The fourth-order valence-corrected chi connectivity index (χ4v) is 1.36. The highest BCUT2D eigenvalue weighted by molar-refractivity contribution is 9.10. The molecule has 62 valence electrons. The van der Waals surface area contributed by atoms with E-state index in [1.807, 2.05) is 6.07 Å². The van der Waals surface area contributed by atoms with Crippen LogP contribution in [0.1, 0.15) is 5.69 Å². The summed E-state index contributed by atoms with van der Waals surface area (Å²) in [6.07, 6.45) is 1.91. The molecule has 0 spiro atoms. The maximum Gasteiger partial charge on any atom is 0.136 e. The summed E-state index contributed by atoms with van der Waals surface area (Å²) in [7, 11) is 1.58. The Morgan fingerprint density at radius 3 is 3.08 bits per heavy atom. The zero-order valence-electron chi connectivity index (χ0n) is 6.54. The second-order valence-corrected chi connectivity index (χ2v) is 2.90. The lowest BCUT2D eigenvalue weighted by atomic mass is 10.3. The first-order valence-electron chi connectivity index (χ1n) is 3.34. The molecule has 0 aliphatic carbocycles. The van der Waals surface area contributed by atoms with E-state index in [-0.39, 0.29) is 6.42 Å². The normalized spacial score (nSPS) is 9.08. The Bertz CT molecular complexity index is 319. The molecule has 0 fully saturated rings. The van der Waals surface area contributed by atoms with E-state index in [9.17, 15) is 0 Å². The van der Waals surface area contributed by atoms with Crippen LogP contribution in [0.15, 0.2) is 16.7 Å². The van der Waals surface area contributed by atoms with Crippen LogP contribution in [0.3, 0.4) is 0 Å². The van der Waals surface area contributed by atoms with Crippen LogP contribution in [0.5, 0.6) is 5.75 Å². The van der Waals surface area contributed by atoms with Crippen LogP contribution in [0.25, 0.3) is 0 Å². The number of halogens is 1. The van der Waals surface area contributed by atoms with E-state index in [1.165, 1.54) is 0 Å². The van der Waals surface area contributed by atoms with Crippen molar-refractivity contribution in [2.24, 2.45) is 0 Å². The Morgan fingerprint density at radius 1 is 1.75 bits per heavy atom. The second kappa shape index (κ2) is 4.07. The van der Waals surface area contributed by atoms with Crippen molar-refractivity contribution in [3.8, 4) is 11.8 Å². The molecule has 3 nitrogen and oxygen atoms in total. The molecule has 0 aliphatic rings. The molecule has 0 aliphatic heterocycles. The lowest BCUT2D eigenvalue weighted by Crippen LogP contribution is -1.92. The van der Waals surface area contributed by atoms with Gasteiger partial charge < -0.3 is 4.74 Å². The highest BCUT2D eigenvalue weighted by Crippen LogP contribution is 2.26. The van der Waals surface area contributed by atoms with Gasteiger partial charge in [0.15, 0.2) is 0 Å². The molecule has 0 bridgehead atoms. The first kappa shape index (κ1) is 9.01. The quantitative estimate of drug-likeness (QED) is 0.775. The van der Waals surface area contributed by atoms with Gasteiger partial charge in [-0.05, 0) is 22.0 Å². The van der Waals surface area contributed by atoms with Gasteiger partial charge in [-0.3, -0.25) is 4.98 Å². The third-order valence-electron chi connectivity index (χ3n) is 1.39. The van der Waals surface area contributed by atoms with E-state index in [0.29, 0.717) is 11.4 Å². The van der Waals surface area contributed by atoms with Crippen molar-refractivity contribution >= 4 is 15.9 Å². The predicted molar refractivity (Wildman–Crippen MR) is 47.8 cm³/mol. The van der Waals surface area contributed by atoms with Crippen molar-refractivity contribution in [3.05, 3.63) is 22.4 Å². The Kier molecular flexibility index (Phi) is 3.06. The van der Waals surface area contributed by atoms with Gasteiger partial charge in [0.1, 0.15) is 5.75 Å². The highest BCUT2D eigenvalue weighted by Gasteiger charge is 2.05. The lowest BCUT2D eigenvalue weighted by molar-refractivity contribution is 0.411. The smallest absolute Gasteiger partial charge is 0.136 e. The molecule has 1 aromatic heterocycles. The average Bonchev–Trinajstić information content (AvgIpc) is 2.09. The molecular formula is C8H7BrN2O. The van der Waals surface area contributed by atoms with Crippen molar-refractivity contribution in [2.45, 2.75) is 6.42 Å². The monoisotopic (exact) mass is 226 g/mol. The number of nitrogens with zero attached hydrogens (tertiary/aromatic N) is 2. The van der Waals surface area contributed by atoms with Gasteiger partial charge in [0.05, 0.1) is 29.8 Å². The van der Waals surface area contributed by atoms with Gasteiger partial charge in [0.2, 0.25) is 0 Å². The minimum absolute atomic E-state index is 0.289. The Labute approximate surface area is 79.1 Å². The average molecular weight is 227 g/mol. The predicted octanol–water partition coefficient (Wildman–Crippen LogP) is 1.92. The number of hydrogen-bond donors (Lipinski definition) is 0. The van der Waals surface area contributed by atoms with Crippen LogP contribution in [0.4, 0.5) is 0 Å². The largest absolute Gasteiger partial charge is 0.495 e. The SMILES string of the molecule is COc1ccnc(CC#N)c1Br. The van der Waals surface area contributed by atoms with Gasteiger partial charge in [0.25, 0.3) is 0 Å². The number of nitriles is 1. The van der Waals surface area contributed by atoms with Gasteiger partial charge in [-0.25, -0.2) is 0 Å². The molecule has 1 aromatic rings. The van der Waals surface area contributed by atoms with Gasteiger partial charge in [-0.1, -0.05) is 0 Å². The van der Waals surface area contributed by atoms with Crippen LogP contribution in [0.2, 0.25) is 0 Å². The summed E-state index contributed by atoms with van der Waals surface area (Å²) in [5.74, 6) is 0.704. The molecule has 12 heavy (non-hydrogen) atoms. The van der Waals surface area contributed by atoms with Crippen LogP contribution in [-0.2, 0) is 6.42 Å². The summed E-state index contributed by atoms with van der Waals surface area (Å²) in [5.41, 5.74) is 0.705. The molecule has 0 atom stereocenters. The molecule has 0 aromatic carbocycles. The number of ether oxygens (including phenoxy) is 1.